The minimum Gasteiger partial charge on any atom is -0.289 e. The molecule has 0 bridgehead atoms. The van der Waals surface area contributed by atoms with Gasteiger partial charge in [-0.2, -0.15) is 0 Å². The van der Waals surface area contributed by atoms with Gasteiger partial charge in [-0.15, -0.1) is 0 Å². The number of hydrogen-bond donors (Lipinski definition) is 0. The van der Waals surface area contributed by atoms with Crippen LogP contribution in [0, 0.1) is 19.7 Å². The maximum atomic E-state index is 13.0. The zero-order valence-electron chi connectivity index (χ0n) is 9.70. The molecule has 3 heteroatoms. The SMILES string of the molecule is Cc1cc(F)ccc1C(=O)c1cccnc1C. The third-order valence-electron chi connectivity index (χ3n) is 2.68. The number of halogens is 1. The Morgan fingerprint density at radius 2 is 1.94 bits per heavy atom. The normalized spacial score (nSPS) is 10.3. The van der Waals surface area contributed by atoms with Gasteiger partial charge >= 0.3 is 0 Å². The van der Waals surface area contributed by atoms with Crippen molar-refractivity contribution in [3.05, 3.63) is 64.7 Å². The summed E-state index contributed by atoms with van der Waals surface area (Å²) >= 11 is 0. The molecule has 0 N–H and O–H groups in total. The highest BCUT2D eigenvalue weighted by molar-refractivity contribution is 6.10. The van der Waals surface area contributed by atoms with E-state index in [0.717, 1.165) is 0 Å². The lowest BCUT2D eigenvalue weighted by atomic mass is 9.98. The van der Waals surface area contributed by atoms with E-state index in [0.29, 0.717) is 22.4 Å². The Balaban J connectivity index is 2.48. The minimum atomic E-state index is -0.332. The Morgan fingerprint density at radius 3 is 2.59 bits per heavy atom. The van der Waals surface area contributed by atoms with Gasteiger partial charge in [-0.1, -0.05) is 0 Å². The number of carbonyl (C=O) groups excluding carboxylic acids is 1. The monoisotopic (exact) mass is 229 g/mol. The van der Waals surface area contributed by atoms with Crippen LogP contribution in [-0.4, -0.2) is 10.8 Å². The standard InChI is InChI=1S/C14H12FNO/c1-9-8-11(15)5-6-12(9)14(17)13-4-3-7-16-10(13)2/h3-8H,1-2H3. The van der Waals surface area contributed by atoms with Crippen LogP contribution in [0.3, 0.4) is 0 Å². The van der Waals surface area contributed by atoms with Gasteiger partial charge in [0.25, 0.3) is 0 Å². The topological polar surface area (TPSA) is 30.0 Å². The summed E-state index contributed by atoms with van der Waals surface area (Å²) in [5.41, 5.74) is 2.39. The number of aryl methyl sites for hydroxylation is 2. The van der Waals surface area contributed by atoms with Crippen LogP contribution in [-0.2, 0) is 0 Å². The van der Waals surface area contributed by atoms with Crippen LogP contribution in [0.25, 0.3) is 0 Å². The minimum absolute atomic E-state index is 0.117. The average molecular weight is 229 g/mol. The van der Waals surface area contributed by atoms with E-state index in [4.69, 9.17) is 0 Å². The van der Waals surface area contributed by atoms with Crippen molar-refractivity contribution in [2.45, 2.75) is 13.8 Å². The smallest absolute Gasteiger partial charge is 0.195 e. The number of benzene rings is 1. The zero-order chi connectivity index (χ0) is 12.4. The molecule has 0 radical (unpaired) electrons. The van der Waals surface area contributed by atoms with Crippen molar-refractivity contribution in [3.8, 4) is 0 Å². The predicted octanol–water partition coefficient (Wildman–Crippen LogP) is 3.07. The zero-order valence-corrected chi connectivity index (χ0v) is 9.70. The Morgan fingerprint density at radius 1 is 1.18 bits per heavy atom. The van der Waals surface area contributed by atoms with Crippen LogP contribution in [0.4, 0.5) is 4.39 Å². The number of carbonyl (C=O) groups is 1. The number of hydrogen-bond acceptors (Lipinski definition) is 2. The molecule has 0 spiro atoms. The van der Waals surface area contributed by atoms with E-state index in [1.165, 1.54) is 18.2 Å². The molecule has 0 aliphatic carbocycles. The Kier molecular flexibility index (Phi) is 3.00. The molecule has 1 aromatic heterocycles. The van der Waals surface area contributed by atoms with E-state index in [-0.39, 0.29) is 11.6 Å². The van der Waals surface area contributed by atoms with Crippen molar-refractivity contribution in [1.82, 2.24) is 4.98 Å². The lowest BCUT2D eigenvalue weighted by Gasteiger charge is -2.06. The molecule has 0 unspecified atom stereocenters. The fourth-order valence-corrected chi connectivity index (χ4v) is 1.75. The molecule has 2 aromatic rings. The highest BCUT2D eigenvalue weighted by Crippen LogP contribution is 2.16. The molecule has 0 saturated heterocycles. The molecule has 1 heterocycles. The van der Waals surface area contributed by atoms with E-state index in [1.54, 1.807) is 32.2 Å². The van der Waals surface area contributed by atoms with Crippen LogP contribution in [0.5, 0.6) is 0 Å². The van der Waals surface area contributed by atoms with E-state index < -0.39 is 0 Å². The first-order chi connectivity index (χ1) is 8.09. The third kappa shape index (κ3) is 2.23. The van der Waals surface area contributed by atoms with Crippen LogP contribution < -0.4 is 0 Å². The number of rotatable bonds is 2. The highest BCUT2D eigenvalue weighted by atomic mass is 19.1. The second-order valence-corrected chi connectivity index (χ2v) is 3.92. The summed E-state index contributed by atoms with van der Waals surface area (Å²) in [6, 6.07) is 7.62. The van der Waals surface area contributed by atoms with E-state index in [1.807, 2.05) is 0 Å². The number of nitrogens with zero attached hydrogens (tertiary/aromatic N) is 1. The maximum absolute atomic E-state index is 13.0. The summed E-state index contributed by atoms with van der Waals surface area (Å²) in [5, 5.41) is 0. The molecule has 0 saturated carbocycles. The summed E-state index contributed by atoms with van der Waals surface area (Å²) in [4.78, 5) is 16.3. The van der Waals surface area contributed by atoms with Crippen LogP contribution in [0.1, 0.15) is 27.2 Å². The molecular formula is C14H12FNO. The molecule has 0 aliphatic heterocycles. The van der Waals surface area contributed by atoms with E-state index >= 15 is 0 Å². The van der Waals surface area contributed by atoms with Gasteiger partial charge in [-0.25, -0.2) is 4.39 Å². The van der Waals surface area contributed by atoms with Crippen molar-refractivity contribution in [2.24, 2.45) is 0 Å². The van der Waals surface area contributed by atoms with Gasteiger partial charge in [0.1, 0.15) is 5.82 Å². The number of ketones is 1. The Labute approximate surface area is 99.1 Å². The first-order valence-corrected chi connectivity index (χ1v) is 5.32. The first kappa shape index (κ1) is 11.5. The predicted molar refractivity (Wildman–Crippen MR) is 63.5 cm³/mol. The summed E-state index contributed by atoms with van der Waals surface area (Å²) in [6.07, 6.45) is 1.64. The molecule has 2 rings (SSSR count). The molecule has 2 nitrogen and oxygen atoms in total. The van der Waals surface area contributed by atoms with Crippen molar-refractivity contribution in [2.75, 3.05) is 0 Å². The van der Waals surface area contributed by atoms with Crippen LogP contribution in [0.2, 0.25) is 0 Å². The van der Waals surface area contributed by atoms with Gasteiger partial charge in [0.15, 0.2) is 5.78 Å². The average Bonchev–Trinajstić information content (AvgIpc) is 2.29. The van der Waals surface area contributed by atoms with Gasteiger partial charge in [0, 0.05) is 23.0 Å². The van der Waals surface area contributed by atoms with Gasteiger partial charge in [-0.3, -0.25) is 9.78 Å². The third-order valence-corrected chi connectivity index (χ3v) is 2.68. The second-order valence-electron chi connectivity index (χ2n) is 3.92. The quantitative estimate of drug-likeness (QED) is 0.741. The van der Waals surface area contributed by atoms with Crippen molar-refractivity contribution >= 4 is 5.78 Å². The molecule has 86 valence electrons. The maximum Gasteiger partial charge on any atom is 0.195 e. The molecular weight excluding hydrogens is 217 g/mol. The number of pyridine rings is 1. The van der Waals surface area contributed by atoms with E-state index in [9.17, 15) is 9.18 Å². The second kappa shape index (κ2) is 4.45. The van der Waals surface area contributed by atoms with Gasteiger partial charge in [0.05, 0.1) is 0 Å². The lowest BCUT2D eigenvalue weighted by molar-refractivity contribution is 0.103. The van der Waals surface area contributed by atoms with Gasteiger partial charge in [-0.05, 0) is 49.7 Å². The summed E-state index contributed by atoms with van der Waals surface area (Å²) in [6.45, 7) is 3.51. The fraction of sp³-hybridized carbons (Fsp3) is 0.143. The first-order valence-electron chi connectivity index (χ1n) is 5.32. The molecule has 0 fully saturated rings. The molecule has 0 amide bonds. The highest BCUT2D eigenvalue weighted by Gasteiger charge is 2.14. The summed E-state index contributed by atoms with van der Waals surface area (Å²) < 4.78 is 13.0. The molecule has 1 aromatic carbocycles. The van der Waals surface area contributed by atoms with E-state index in [2.05, 4.69) is 4.98 Å². The molecule has 0 aliphatic rings. The number of aromatic nitrogens is 1. The Bertz CT molecular complexity index is 578. The van der Waals surface area contributed by atoms with Crippen molar-refractivity contribution in [3.63, 3.8) is 0 Å². The summed E-state index contributed by atoms with van der Waals surface area (Å²) in [7, 11) is 0. The largest absolute Gasteiger partial charge is 0.289 e. The molecule has 0 atom stereocenters. The molecule has 17 heavy (non-hydrogen) atoms. The lowest BCUT2D eigenvalue weighted by Crippen LogP contribution is -2.06. The van der Waals surface area contributed by atoms with Gasteiger partial charge < -0.3 is 0 Å². The van der Waals surface area contributed by atoms with Crippen molar-refractivity contribution in [1.29, 1.82) is 0 Å². The Hall–Kier alpha value is -2.03. The van der Waals surface area contributed by atoms with Crippen LogP contribution in [0.15, 0.2) is 36.5 Å². The van der Waals surface area contributed by atoms with Crippen molar-refractivity contribution < 1.29 is 9.18 Å². The fourth-order valence-electron chi connectivity index (χ4n) is 1.75. The van der Waals surface area contributed by atoms with Gasteiger partial charge in [0.2, 0.25) is 0 Å². The van der Waals surface area contributed by atoms with Crippen LogP contribution >= 0.6 is 0 Å². The summed E-state index contributed by atoms with van der Waals surface area (Å²) in [5.74, 6) is -0.449.